The van der Waals surface area contributed by atoms with Crippen molar-refractivity contribution in [3.8, 4) is 0 Å². The molecule has 2 rings (SSSR count). The molecule has 2 aromatic rings. The Kier molecular flexibility index (Phi) is 4.65. The maximum atomic E-state index is 13.4. The van der Waals surface area contributed by atoms with Gasteiger partial charge in [-0.1, -0.05) is 12.1 Å². The Morgan fingerprint density at radius 2 is 2.10 bits per heavy atom. The fourth-order valence-electron chi connectivity index (χ4n) is 1.70. The number of nitrogens with one attached hydrogen (secondary N) is 2. The smallest absolute Gasteiger partial charge is 0.254 e. The van der Waals surface area contributed by atoms with E-state index in [-0.39, 0.29) is 24.4 Å². The van der Waals surface area contributed by atoms with E-state index in [2.05, 4.69) is 15.6 Å². The number of amides is 2. The Hall–Kier alpha value is -2.70. The summed E-state index contributed by atoms with van der Waals surface area (Å²) < 4.78 is 15.0. The minimum atomic E-state index is -0.590. The van der Waals surface area contributed by atoms with Crippen LogP contribution in [0.3, 0.4) is 0 Å². The van der Waals surface area contributed by atoms with Crippen LogP contribution >= 0.6 is 0 Å². The van der Waals surface area contributed by atoms with E-state index in [1.165, 1.54) is 18.2 Å². The highest BCUT2D eigenvalue weighted by molar-refractivity contribution is 5.95. The molecule has 21 heavy (non-hydrogen) atoms. The number of carbonyl (C=O) groups excluding carboxylic acids is 2. The van der Waals surface area contributed by atoms with Crippen LogP contribution in [-0.4, -0.2) is 27.9 Å². The van der Waals surface area contributed by atoms with Gasteiger partial charge in [-0.05, 0) is 12.1 Å². The van der Waals surface area contributed by atoms with Crippen LogP contribution < -0.4 is 10.6 Å². The molecule has 0 radical (unpaired) electrons. The van der Waals surface area contributed by atoms with Gasteiger partial charge in [0.2, 0.25) is 11.9 Å². The Bertz CT molecular complexity index is 654. The molecule has 0 aliphatic heterocycles. The zero-order valence-corrected chi connectivity index (χ0v) is 11.5. The van der Waals surface area contributed by atoms with Crippen LogP contribution in [0, 0.1) is 5.82 Å². The van der Waals surface area contributed by atoms with Crippen molar-refractivity contribution in [2.24, 2.45) is 7.05 Å². The molecule has 1 heterocycles. The third kappa shape index (κ3) is 3.88. The second-order valence-electron chi connectivity index (χ2n) is 4.40. The first kappa shape index (κ1) is 14.7. The summed E-state index contributed by atoms with van der Waals surface area (Å²) in [5, 5.41) is 5.10. The number of anilines is 1. The number of carbonyl (C=O) groups is 2. The maximum absolute atomic E-state index is 13.4. The number of imidazole rings is 1. The zero-order valence-electron chi connectivity index (χ0n) is 11.5. The van der Waals surface area contributed by atoms with Crippen LogP contribution in [0.25, 0.3) is 0 Å². The Morgan fingerprint density at radius 1 is 1.33 bits per heavy atom. The molecular weight excluding hydrogens is 275 g/mol. The summed E-state index contributed by atoms with van der Waals surface area (Å²) in [5.41, 5.74) is -0.0398. The molecule has 0 aliphatic rings. The molecule has 2 amide bonds. The van der Waals surface area contributed by atoms with E-state index in [0.717, 1.165) is 0 Å². The fraction of sp³-hybridized carbons (Fsp3) is 0.214. The predicted molar refractivity (Wildman–Crippen MR) is 75.2 cm³/mol. The highest BCUT2D eigenvalue weighted by Crippen LogP contribution is 2.06. The topological polar surface area (TPSA) is 76.0 Å². The van der Waals surface area contributed by atoms with Crippen molar-refractivity contribution in [2.75, 3.05) is 11.9 Å². The first-order chi connectivity index (χ1) is 10.1. The molecule has 0 spiro atoms. The van der Waals surface area contributed by atoms with E-state index in [9.17, 15) is 14.0 Å². The summed E-state index contributed by atoms with van der Waals surface area (Å²) in [7, 11) is 1.75. The fourth-order valence-corrected chi connectivity index (χ4v) is 1.70. The van der Waals surface area contributed by atoms with Crippen molar-refractivity contribution in [1.29, 1.82) is 0 Å². The standard InChI is InChI=1S/C14H15FN4O2/c1-19-9-8-17-14(19)18-12(20)6-7-16-13(21)10-4-2-3-5-11(10)15/h2-5,8-9H,6-7H2,1H3,(H,16,21)(H,17,18,20). The van der Waals surface area contributed by atoms with E-state index in [1.807, 2.05) is 0 Å². The summed E-state index contributed by atoms with van der Waals surface area (Å²) in [4.78, 5) is 27.3. The Balaban J connectivity index is 1.79. The second kappa shape index (κ2) is 6.65. The van der Waals surface area contributed by atoms with Crippen molar-refractivity contribution < 1.29 is 14.0 Å². The van der Waals surface area contributed by atoms with Crippen molar-refractivity contribution >= 4 is 17.8 Å². The molecule has 0 fully saturated rings. The summed E-state index contributed by atoms with van der Waals surface area (Å²) in [6, 6.07) is 5.68. The van der Waals surface area contributed by atoms with Gasteiger partial charge >= 0.3 is 0 Å². The van der Waals surface area contributed by atoms with E-state index in [0.29, 0.717) is 5.95 Å². The average Bonchev–Trinajstić information content (AvgIpc) is 2.84. The van der Waals surface area contributed by atoms with Gasteiger partial charge in [-0.3, -0.25) is 14.9 Å². The predicted octanol–water partition coefficient (Wildman–Crippen LogP) is 1.32. The van der Waals surface area contributed by atoms with Gasteiger partial charge in [0.25, 0.3) is 5.91 Å². The highest BCUT2D eigenvalue weighted by atomic mass is 19.1. The molecular formula is C14H15FN4O2. The number of nitrogens with zero attached hydrogens (tertiary/aromatic N) is 2. The molecule has 0 bridgehead atoms. The van der Waals surface area contributed by atoms with Gasteiger partial charge in [0, 0.05) is 32.4 Å². The summed E-state index contributed by atoms with van der Waals surface area (Å²) in [6.07, 6.45) is 3.35. The molecule has 0 atom stereocenters. The summed E-state index contributed by atoms with van der Waals surface area (Å²) >= 11 is 0. The van der Waals surface area contributed by atoms with Crippen molar-refractivity contribution in [2.45, 2.75) is 6.42 Å². The third-order valence-corrected chi connectivity index (χ3v) is 2.83. The largest absolute Gasteiger partial charge is 0.351 e. The number of hydrogen-bond donors (Lipinski definition) is 2. The molecule has 0 saturated heterocycles. The molecule has 2 N–H and O–H groups in total. The summed E-state index contributed by atoms with van der Waals surface area (Å²) in [5.74, 6) is -0.982. The number of aromatic nitrogens is 2. The number of halogens is 1. The van der Waals surface area contributed by atoms with Gasteiger partial charge in [0.1, 0.15) is 5.82 Å². The first-order valence-electron chi connectivity index (χ1n) is 6.38. The SMILES string of the molecule is Cn1ccnc1NC(=O)CCNC(=O)c1ccccc1F. The molecule has 6 nitrogen and oxygen atoms in total. The lowest BCUT2D eigenvalue weighted by molar-refractivity contribution is -0.116. The van der Waals surface area contributed by atoms with Gasteiger partial charge < -0.3 is 9.88 Å². The van der Waals surface area contributed by atoms with Crippen molar-refractivity contribution in [3.05, 3.63) is 48.0 Å². The summed E-state index contributed by atoms with van der Waals surface area (Å²) in [6.45, 7) is 0.115. The third-order valence-electron chi connectivity index (χ3n) is 2.83. The van der Waals surface area contributed by atoms with Crippen LogP contribution in [0.2, 0.25) is 0 Å². The zero-order chi connectivity index (χ0) is 15.2. The number of benzene rings is 1. The minimum Gasteiger partial charge on any atom is -0.351 e. The van der Waals surface area contributed by atoms with E-state index in [4.69, 9.17) is 0 Å². The van der Waals surface area contributed by atoms with Crippen LogP contribution in [0.1, 0.15) is 16.8 Å². The number of hydrogen-bond acceptors (Lipinski definition) is 3. The van der Waals surface area contributed by atoms with E-state index in [1.54, 1.807) is 30.1 Å². The molecule has 7 heteroatoms. The van der Waals surface area contributed by atoms with Crippen molar-refractivity contribution in [1.82, 2.24) is 14.9 Å². The molecule has 1 aromatic carbocycles. The van der Waals surface area contributed by atoms with Crippen LogP contribution in [0.4, 0.5) is 10.3 Å². The minimum absolute atomic E-state index is 0.0398. The van der Waals surface area contributed by atoms with E-state index >= 15 is 0 Å². The lowest BCUT2D eigenvalue weighted by Gasteiger charge is -2.07. The highest BCUT2D eigenvalue weighted by Gasteiger charge is 2.11. The molecule has 0 aliphatic carbocycles. The molecule has 1 aromatic heterocycles. The van der Waals surface area contributed by atoms with E-state index < -0.39 is 11.7 Å². The monoisotopic (exact) mass is 290 g/mol. The average molecular weight is 290 g/mol. The van der Waals surface area contributed by atoms with Gasteiger partial charge in [0.05, 0.1) is 5.56 Å². The molecule has 0 saturated carbocycles. The molecule has 0 unspecified atom stereocenters. The van der Waals surface area contributed by atoms with Crippen LogP contribution in [-0.2, 0) is 11.8 Å². The number of aryl methyl sites for hydroxylation is 1. The Morgan fingerprint density at radius 3 is 2.76 bits per heavy atom. The second-order valence-corrected chi connectivity index (χ2v) is 4.40. The number of rotatable bonds is 5. The van der Waals surface area contributed by atoms with Crippen molar-refractivity contribution in [3.63, 3.8) is 0 Å². The van der Waals surface area contributed by atoms with Gasteiger partial charge in [0.15, 0.2) is 0 Å². The first-order valence-corrected chi connectivity index (χ1v) is 6.38. The van der Waals surface area contributed by atoms with Crippen LogP contribution in [0.15, 0.2) is 36.7 Å². The normalized spacial score (nSPS) is 10.2. The van der Waals surface area contributed by atoms with Gasteiger partial charge in [-0.25, -0.2) is 9.37 Å². The van der Waals surface area contributed by atoms with Gasteiger partial charge in [-0.2, -0.15) is 0 Å². The maximum Gasteiger partial charge on any atom is 0.254 e. The lowest BCUT2D eigenvalue weighted by Crippen LogP contribution is -2.28. The quantitative estimate of drug-likeness (QED) is 0.872. The lowest BCUT2D eigenvalue weighted by atomic mass is 10.2. The van der Waals surface area contributed by atoms with Gasteiger partial charge in [-0.15, -0.1) is 0 Å². The Labute approximate surface area is 121 Å². The molecule has 110 valence electrons. The van der Waals surface area contributed by atoms with Crippen LogP contribution in [0.5, 0.6) is 0 Å².